The third-order valence-corrected chi connectivity index (χ3v) is 3.63. The highest BCUT2D eigenvalue weighted by Gasteiger charge is 2.27. The molecule has 0 aliphatic heterocycles. The summed E-state index contributed by atoms with van der Waals surface area (Å²) in [6.07, 6.45) is 0. The summed E-state index contributed by atoms with van der Waals surface area (Å²) < 4.78 is 0. The van der Waals surface area contributed by atoms with Gasteiger partial charge < -0.3 is 5.32 Å². The van der Waals surface area contributed by atoms with Gasteiger partial charge in [0.15, 0.2) is 0 Å². The van der Waals surface area contributed by atoms with Crippen molar-refractivity contribution < 1.29 is 9.72 Å². The van der Waals surface area contributed by atoms with Crippen LogP contribution in [0.15, 0.2) is 24.3 Å². The maximum absolute atomic E-state index is 12.3. The predicted molar refractivity (Wildman–Crippen MR) is 85.1 cm³/mol. The van der Waals surface area contributed by atoms with E-state index in [4.69, 9.17) is 34.8 Å². The van der Waals surface area contributed by atoms with Crippen molar-refractivity contribution >= 4 is 52.1 Å². The van der Waals surface area contributed by atoms with Gasteiger partial charge in [0.2, 0.25) is 5.15 Å². The highest BCUT2D eigenvalue weighted by atomic mass is 35.5. The van der Waals surface area contributed by atoms with Crippen molar-refractivity contribution in [2.45, 2.75) is 6.92 Å². The second-order valence-electron chi connectivity index (χ2n) is 4.26. The van der Waals surface area contributed by atoms with Crippen LogP contribution in [0.4, 0.5) is 11.4 Å². The molecule has 0 spiro atoms. The highest BCUT2D eigenvalue weighted by Crippen LogP contribution is 2.33. The number of carbonyl (C=O) groups is 1. The molecule has 0 unspecified atom stereocenters. The fourth-order valence-electron chi connectivity index (χ4n) is 1.83. The van der Waals surface area contributed by atoms with Gasteiger partial charge in [-0.25, -0.2) is 4.98 Å². The van der Waals surface area contributed by atoms with E-state index in [1.807, 2.05) is 0 Å². The third kappa shape index (κ3) is 3.30. The molecular formula is C13H8Cl3N3O3. The number of rotatable bonds is 3. The van der Waals surface area contributed by atoms with Crippen molar-refractivity contribution in [2.24, 2.45) is 0 Å². The van der Waals surface area contributed by atoms with Gasteiger partial charge in [-0.15, -0.1) is 0 Å². The van der Waals surface area contributed by atoms with Crippen LogP contribution in [0.2, 0.25) is 15.3 Å². The third-order valence-electron chi connectivity index (χ3n) is 2.84. The first-order chi connectivity index (χ1) is 10.3. The molecule has 9 heteroatoms. The number of carbonyl (C=O) groups excluding carboxylic acids is 1. The summed E-state index contributed by atoms with van der Waals surface area (Å²) in [4.78, 5) is 26.2. The number of nitrogens with zero attached hydrogens (tertiary/aromatic N) is 2. The van der Waals surface area contributed by atoms with Crippen molar-refractivity contribution in [1.82, 2.24) is 4.98 Å². The number of nitro groups is 1. The smallest absolute Gasteiger partial charge is 0.310 e. The second kappa shape index (κ2) is 6.48. The van der Waals surface area contributed by atoms with Gasteiger partial charge in [0, 0.05) is 16.3 Å². The maximum atomic E-state index is 12.3. The molecule has 0 saturated carbocycles. The molecule has 0 aliphatic rings. The zero-order valence-electron chi connectivity index (χ0n) is 11.1. The molecule has 0 fully saturated rings. The Balaban J connectivity index is 2.43. The predicted octanol–water partition coefficient (Wildman–Crippen LogP) is 4.51. The number of anilines is 1. The summed E-state index contributed by atoms with van der Waals surface area (Å²) in [5.41, 5.74) is -0.0519. The molecule has 1 aromatic heterocycles. The molecule has 6 nitrogen and oxygen atoms in total. The largest absolute Gasteiger partial charge is 0.322 e. The molecule has 114 valence electrons. The normalized spacial score (nSPS) is 10.4. The van der Waals surface area contributed by atoms with Crippen LogP contribution in [-0.2, 0) is 0 Å². The molecule has 1 aromatic carbocycles. The Morgan fingerprint density at radius 1 is 1.18 bits per heavy atom. The Kier molecular flexibility index (Phi) is 4.85. The van der Waals surface area contributed by atoms with E-state index in [2.05, 4.69) is 10.3 Å². The van der Waals surface area contributed by atoms with E-state index in [1.54, 1.807) is 24.3 Å². The van der Waals surface area contributed by atoms with Crippen LogP contribution in [0.3, 0.4) is 0 Å². The molecule has 0 radical (unpaired) electrons. The van der Waals surface area contributed by atoms with Gasteiger partial charge in [-0.2, -0.15) is 0 Å². The quantitative estimate of drug-likeness (QED) is 0.496. The Morgan fingerprint density at radius 3 is 2.32 bits per heavy atom. The van der Waals surface area contributed by atoms with E-state index in [0.717, 1.165) is 0 Å². The summed E-state index contributed by atoms with van der Waals surface area (Å²) in [5, 5.41) is 13.5. The van der Waals surface area contributed by atoms with Crippen LogP contribution < -0.4 is 5.32 Å². The number of aromatic nitrogens is 1. The number of nitrogens with one attached hydrogen (secondary N) is 1. The fourth-order valence-corrected chi connectivity index (χ4v) is 2.60. The summed E-state index contributed by atoms with van der Waals surface area (Å²) in [5.74, 6) is -0.628. The standard InChI is InChI=1S/C13H8Cl3N3O3/c1-6-9(11(15)18-12(16)10(6)19(21)22)13(20)17-8-4-2-7(14)3-5-8/h2-5H,1H3,(H,17,20). The average Bonchev–Trinajstić information content (AvgIpc) is 2.40. The van der Waals surface area contributed by atoms with Gasteiger partial charge in [-0.1, -0.05) is 34.8 Å². The van der Waals surface area contributed by atoms with Gasteiger partial charge in [-0.05, 0) is 31.2 Å². The van der Waals surface area contributed by atoms with E-state index in [0.29, 0.717) is 10.7 Å². The monoisotopic (exact) mass is 359 g/mol. The summed E-state index contributed by atoms with van der Waals surface area (Å²) in [6, 6.07) is 6.35. The first kappa shape index (κ1) is 16.5. The molecule has 2 aromatic rings. The van der Waals surface area contributed by atoms with Gasteiger partial charge >= 0.3 is 5.69 Å². The zero-order valence-corrected chi connectivity index (χ0v) is 13.3. The minimum atomic E-state index is -0.708. The molecule has 1 N–H and O–H groups in total. The van der Waals surface area contributed by atoms with Gasteiger partial charge in [0.1, 0.15) is 5.15 Å². The van der Waals surface area contributed by atoms with Crippen molar-refractivity contribution in [1.29, 1.82) is 0 Å². The first-order valence-electron chi connectivity index (χ1n) is 5.88. The molecule has 2 rings (SSSR count). The number of hydrogen-bond acceptors (Lipinski definition) is 4. The average molecular weight is 361 g/mol. The Hall–Kier alpha value is -1.89. The molecular weight excluding hydrogens is 353 g/mol. The number of amides is 1. The van der Waals surface area contributed by atoms with Crippen LogP contribution in [0, 0.1) is 17.0 Å². The number of hydrogen-bond donors (Lipinski definition) is 1. The minimum Gasteiger partial charge on any atom is -0.322 e. The number of benzene rings is 1. The van der Waals surface area contributed by atoms with Crippen LogP contribution in [0.1, 0.15) is 15.9 Å². The van der Waals surface area contributed by atoms with Crippen LogP contribution in [0.25, 0.3) is 0 Å². The van der Waals surface area contributed by atoms with Gasteiger partial charge in [0.05, 0.1) is 10.5 Å². The first-order valence-corrected chi connectivity index (χ1v) is 7.01. The van der Waals surface area contributed by atoms with Crippen molar-refractivity contribution in [3.8, 4) is 0 Å². The molecule has 1 amide bonds. The van der Waals surface area contributed by atoms with Crippen molar-refractivity contribution in [3.05, 3.63) is 60.8 Å². The molecule has 0 atom stereocenters. The van der Waals surface area contributed by atoms with E-state index in [-0.39, 0.29) is 21.4 Å². The van der Waals surface area contributed by atoms with Gasteiger partial charge in [0.25, 0.3) is 5.91 Å². The molecule has 0 saturated heterocycles. The Morgan fingerprint density at radius 2 is 1.77 bits per heavy atom. The van der Waals surface area contributed by atoms with Crippen LogP contribution in [-0.4, -0.2) is 15.8 Å². The highest BCUT2D eigenvalue weighted by molar-refractivity contribution is 6.36. The lowest BCUT2D eigenvalue weighted by Crippen LogP contribution is -2.16. The lowest BCUT2D eigenvalue weighted by atomic mass is 10.1. The lowest BCUT2D eigenvalue weighted by molar-refractivity contribution is -0.385. The maximum Gasteiger partial charge on any atom is 0.310 e. The van der Waals surface area contributed by atoms with E-state index in [1.165, 1.54) is 6.92 Å². The summed E-state index contributed by atoms with van der Waals surface area (Å²) in [7, 11) is 0. The Labute approximate surface area is 140 Å². The Bertz CT molecular complexity index is 763. The van der Waals surface area contributed by atoms with Crippen molar-refractivity contribution in [3.63, 3.8) is 0 Å². The van der Waals surface area contributed by atoms with Crippen LogP contribution in [0.5, 0.6) is 0 Å². The topological polar surface area (TPSA) is 85.1 Å². The van der Waals surface area contributed by atoms with E-state index < -0.39 is 16.5 Å². The fraction of sp³-hybridized carbons (Fsp3) is 0.0769. The lowest BCUT2D eigenvalue weighted by Gasteiger charge is -2.10. The van der Waals surface area contributed by atoms with Crippen molar-refractivity contribution in [2.75, 3.05) is 5.32 Å². The summed E-state index contributed by atoms with van der Waals surface area (Å²) >= 11 is 17.4. The minimum absolute atomic E-state index is 0.0430. The molecule has 22 heavy (non-hydrogen) atoms. The number of pyridine rings is 1. The van der Waals surface area contributed by atoms with E-state index >= 15 is 0 Å². The zero-order chi connectivity index (χ0) is 16.4. The second-order valence-corrected chi connectivity index (χ2v) is 5.41. The summed E-state index contributed by atoms with van der Waals surface area (Å²) in [6.45, 7) is 1.38. The van der Waals surface area contributed by atoms with Crippen LogP contribution >= 0.6 is 34.8 Å². The number of halogens is 3. The molecule has 0 bridgehead atoms. The molecule has 0 aliphatic carbocycles. The SMILES string of the molecule is Cc1c(C(=O)Nc2ccc(Cl)cc2)c(Cl)nc(Cl)c1[N+](=O)[O-]. The van der Waals surface area contributed by atoms with E-state index in [9.17, 15) is 14.9 Å². The van der Waals surface area contributed by atoms with Gasteiger partial charge in [-0.3, -0.25) is 14.9 Å². The molecule has 1 heterocycles.